The van der Waals surface area contributed by atoms with Crippen molar-refractivity contribution in [2.45, 2.75) is 88.4 Å². The molecule has 8 heteroatoms. The molecular formula is C22H31FN4O2S. The molecule has 2 unspecified atom stereocenters. The van der Waals surface area contributed by atoms with E-state index in [1.165, 1.54) is 37.1 Å². The summed E-state index contributed by atoms with van der Waals surface area (Å²) in [5, 5.41) is 12.2. The van der Waals surface area contributed by atoms with Crippen molar-refractivity contribution in [2.24, 2.45) is 0 Å². The SMILES string of the molecule is CC(Sc1nnc(C(C)Oc2ccccc2F)n1C(C)C)C(=O)NC1CCCCC1. The predicted octanol–water partition coefficient (Wildman–Crippen LogP) is 5.07. The van der Waals surface area contributed by atoms with Gasteiger partial charge in [-0.3, -0.25) is 4.79 Å². The Morgan fingerprint density at radius 2 is 1.87 bits per heavy atom. The Balaban J connectivity index is 1.70. The molecule has 0 radical (unpaired) electrons. The van der Waals surface area contributed by atoms with Gasteiger partial charge in [0.05, 0.1) is 5.25 Å². The zero-order valence-electron chi connectivity index (χ0n) is 18.1. The van der Waals surface area contributed by atoms with E-state index in [4.69, 9.17) is 4.74 Å². The molecule has 0 saturated heterocycles. The van der Waals surface area contributed by atoms with Gasteiger partial charge in [0.15, 0.2) is 28.7 Å². The summed E-state index contributed by atoms with van der Waals surface area (Å²) < 4.78 is 21.7. The Labute approximate surface area is 182 Å². The molecule has 0 aliphatic heterocycles. The lowest BCUT2D eigenvalue weighted by molar-refractivity contribution is -0.121. The number of nitrogens with one attached hydrogen (secondary N) is 1. The number of rotatable bonds is 8. The highest BCUT2D eigenvalue weighted by atomic mass is 32.2. The van der Waals surface area contributed by atoms with Crippen LogP contribution in [-0.4, -0.2) is 32.0 Å². The van der Waals surface area contributed by atoms with E-state index in [1.54, 1.807) is 18.2 Å². The quantitative estimate of drug-likeness (QED) is 0.588. The lowest BCUT2D eigenvalue weighted by Gasteiger charge is -2.24. The van der Waals surface area contributed by atoms with Crippen LogP contribution in [0.15, 0.2) is 29.4 Å². The van der Waals surface area contributed by atoms with Gasteiger partial charge in [0.1, 0.15) is 0 Å². The molecular weight excluding hydrogens is 403 g/mol. The molecule has 0 spiro atoms. The summed E-state index contributed by atoms with van der Waals surface area (Å²) in [7, 11) is 0. The van der Waals surface area contributed by atoms with E-state index < -0.39 is 11.9 Å². The van der Waals surface area contributed by atoms with Crippen molar-refractivity contribution in [2.75, 3.05) is 0 Å². The maximum atomic E-state index is 14.0. The van der Waals surface area contributed by atoms with Gasteiger partial charge in [-0.1, -0.05) is 43.2 Å². The van der Waals surface area contributed by atoms with Crippen molar-refractivity contribution < 1.29 is 13.9 Å². The molecule has 1 aliphatic carbocycles. The minimum absolute atomic E-state index is 0.0300. The average Bonchev–Trinajstić information content (AvgIpc) is 3.14. The number of thioether (sulfide) groups is 1. The van der Waals surface area contributed by atoms with Gasteiger partial charge in [0.25, 0.3) is 0 Å². The van der Waals surface area contributed by atoms with Crippen molar-refractivity contribution in [3.63, 3.8) is 0 Å². The first-order chi connectivity index (χ1) is 14.4. The van der Waals surface area contributed by atoms with E-state index in [-0.39, 0.29) is 29.0 Å². The number of hydrogen-bond donors (Lipinski definition) is 1. The Hall–Kier alpha value is -2.09. The van der Waals surface area contributed by atoms with Gasteiger partial charge in [0, 0.05) is 12.1 Å². The molecule has 30 heavy (non-hydrogen) atoms. The summed E-state index contributed by atoms with van der Waals surface area (Å²) in [6, 6.07) is 6.66. The first-order valence-corrected chi connectivity index (χ1v) is 11.6. The van der Waals surface area contributed by atoms with Crippen molar-refractivity contribution in [1.82, 2.24) is 20.1 Å². The fourth-order valence-electron chi connectivity index (χ4n) is 3.69. The second-order valence-corrected chi connectivity index (χ2v) is 9.41. The highest BCUT2D eigenvalue weighted by Crippen LogP contribution is 2.30. The van der Waals surface area contributed by atoms with Crippen LogP contribution in [0.3, 0.4) is 0 Å². The largest absolute Gasteiger partial charge is 0.480 e. The number of carbonyl (C=O) groups excluding carboxylic acids is 1. The van der Waals surface area contributed by atoms with E-state index in [0.29, 0.717) is 11.0 Å². The van der Waals surface area contributed by atoms with E-state index >= 15 is 0 Å². The van der Waals surface area contributed by atoms with Crippen LogP contribution in [-0.2, 0) is 4.79 Å². The first kappa shape index (κ1) is 22.6. The van der Waals surface area contributed by atoms with Gasteiger partial charge in [-0.15, -0.1) is 10.2 Å². The topological polar surface area (TPSA) is 69.0 Å². The van der Waals surface area contributed by atoms with Gasteiger partial charge in [-0.25, -0.2) is 4.39 Å². The summed E-state index contributed by atoms with van der Waals surface area (Å²) >= 11 is 1.39. The van der Waals surface area contributed by atoms with Crippen LogP contribution in [0.2, 0.25) is 0 Å². The molecule has 3 rings (SSSR count). The number of carbonyl (C=O) groups is 1. The molecule has 2 atom stereocenters. The number of aromatic nitrogens is 3. The van der Waals surface area contributed by atoms with Gasteiger partial charge in [-0.05, 0) is 52.7 Å². The molecule has 1 aliphatic rings. The Morgan fingerprint density at radius 3 is 2.53 bits per heavy atom. The van der Waals surface area contributed by atoms with Crippen LogP contribution in [0, 0.1) is 5.82 Å². The number of nitrogens with zero attached hydrogens (tertiary/aromatic N) is 3. The standard InChI is InChI=1S/C22H31FN4O2S/c1-14(2)27-20(15(3)29-19-13-9-8-12-18(19)23)25-26-22(27)30-16(4)21(28)24-17-10-6-5-7-11-17/h8-9,12-17H,5-7,10-11H2,1-4H3,(H,24,28). The molecule has 1 fully saturated rings. The number of halogens is 1. The summed E-state index contributed by atoms with van der Waals surface area (Å²) in [4.78, 5) is 12.7. The summed E-state index contributed by atoms with van der Waals surface area (Å²) in [6.45, 7) is 7.77. The first-order valence-electron chi connectivity index (χ1n) is 10.7. The van der Waals surface area contributed by atoms with Crippen LogP contribution < -0.4 is 10.1 Å². The molecule has 1 heterocycles. The molecule has 2 aromatic rings. The molecule has 1 saturated carbocycles. The van der Waals surface area contributed by atoms with Gasteiger partial charge in [0.2, 0.25) is 5.91 Å². The number of benzene rings is 1. The summed E-state index contributed by atoms with van der Waals surface area (Å²) in [6.07, 6.45) is 5.23. The zero-order chi connectivity index (χ0) is 21.7. The van der Waals surface area contributed by atoms with Crippen molar-refractivity contribution in [3.8, 4) is 5.75 Å². The molecule has 1 aromatic carbocycles. The number of hydrogen-bond acceptors (Lipinski definition) is 5. The molecule has 164 valence electrons. The van der Waals surface area contributed by atoms with E-state index in [2.05, 4.69) is 15.5 Å². The van der Waals surface area contributed by atoms with Crippen LogP contribution in [0.4, 0.5) is 4.39 Å². The summed E-state index contributed by atoms with van der Waals surface area (Å²) in [5.74, 6) is 0.401. The van der Waals surface area contributed by atoms with E-state index in [9.17, 15) is 9.18 Å². The van der Waals surface area contributed by atoms with Crippen molar-refractivity contribution in [3.05, 3.63) is 35.9 Å². The maximum Gasteiger partial charge on any atom is 0.233 e. The van der Waals surface area contributed by atoms with Crippen LogP contribution in [0.5, 0.6) is 5.75 Å². The van der Waals surface area contributed by atoms with Crippen molar-refractivity contribution >= 4 is 17.7 Å². The van der Waals surface area contributed by atoms with Crippen LogP contribution >= 0.6 is 11.8 Å². The van der Waals surface area contributed by atoms with Gasteiger partial charge in [-0.2, -0.15) is 0 Å². The number of ether oxygens (including phenoxy) is 1. The fourth-order valence-corrected chi connectivity index (χ4v) is 4.69. The average molecular weight is 435 g/mol. The maximum absolute atomic E-state index is 14.0. The predicted molar refractivity (Wildman–Crippen MR) is 116 cm³/mol. The third-order valence-corrected chi connectivity index (χ3v) is 6.37. The number of para-hydroxylation sites is 1. The molecule has 1 amide bonds. The number of amides is 1. The monoisotopic (exact) mass is 434 g/mol. The molecule has 0 bridgehead atoms. The minimum atomic E-state index is -0.488. The lowest BCUT2D eigenvalue weighted by atomic mass is 9.95. The summed E-state index contributed by atoms with van der Waals surface area (Å²) in [5.41, 5.74) is 0. The van der Waals surface area contributed by atoms with Gasteiger partial charge < -0.3 is 14.6 Å². The molecule has 1 N–H and O–H groups in total. The second-order valence-electron chi connectivity index (χ2n) is 8.10. The third-order valence-electron chi connectivity index (χ3n) is 5.31. The molecule has 1 aromatic heterocycles. The lowest BCUT2D eigenvalue weighted by Crippen LogP contribution is -2.40. The Bertz CT molecular complexity index is 851. The highest BCUT2D eigenvalue weighted by molar-refractivity contribution is 8.00. The Morgan fingerprint density at radius 1 is 1.17 bits per heavy atom. The minimum Gasteiger partial charge on any atom is -0.480 e. The van der Waals surface area contributed by atoms with Gasteiger partial charge >= 0.3 is 0 Å². The zero-order valence-corrected chi connectivity index (χ0v) is 18.9. The smallest absolute Gasteiger partial charge is 0.233 e. The third kappa shape index (κ3) is 5.53. The van der Waals surface area contributed by atoms with Crippen LogP contribution in [0.25, 0.3) is 0 Å². The van der Waals surface area contributed by atoms with E-state index in [0.717, 1.165) is 12.8 Å². The Kier molecular flexibility index (Phi) is 7.75. The van der Waals surface area contributed by atoms with E-state index in [1.807, 2.05) is 32.3 Å². The molecule has 6 nitrogen and oxygen atoms in total. The van der Waals surface area contributed by atoms with Crippen LogP contribution in [0.1, 0.15) is 77.8 Å². The highest BCUT2D eigenvalue weighted by Gasteiger charge is 2.26. The second kappa shape index (κ2) is 10.3. The van der Waals surface area contributed by atoms with Crippen molar-refractivity contribution in [1.29, 1.82) is 0 Å². The normalized spacial score (nSPS) is 17.0. The fraction of sp³-hybridized carbons (Fsp3) is 0.591.